The van der Waals surface area contributed by atoms with Crippen LogP contribution >= 0.6 is 27.3 Å². The van der Waals surface area contributed by atoms with Gasteiger partial charge in [-0.1, -0.05) is 6.92 Å². The van der Waals surface area contributed by atoms with Gasteiger partial charge in [0.1, 0.15) is 0 Å². The first-order valence-electron chi connectivity index (χ1n) is 6.73. The molecule has 0 atom stereocenters. The van der Waals surface area contributed by atoms with Gasteiger partial charge in [0.25, 0.3) is 0 Å². The van der Waals surface area contributed by atoms with E-state index in [2.05, 4.69) is 60.6 Å². The zero-order valence-corrected chi connectivity index (χ0v) is 14.4. The first-order chi connectivity index (χ1) is 10.2. The summed E-state index contributed by atoms with van der Waals surface area (Å²) in [6.07, 6.45) is 1.92. The third kappa shape index (κ3) is 5.13. The average molecular weight is 372 g/mol. The molecule has 2 rings (SSSR count). The van der Waals surface area contributed by atoms with Crippen LogP contribution in [0.25, 0.3) is 0 Å². The van der Waals surface area contributed by atoms with Gasteiger partial charge in [0.15, 0.2) is 0 Å². The van der Waals surface area contributed by atoms with E-state index in [-0.39, 0.29) is 0 Å². The highest BCUT2D eigenvalue weighted by molar-refractivity contribution is 9.11. The monoisotopic (exact) mass is 371 g/mol. The maximum atomic E-state index is 5.10. The standard InChI is InChI=1S/C13H18BrN5OS/c1-3-7-15-11-17-12(19-13(18-11)20-2)16-8-6-9-4-5-10(14)21-9/h4-5H,3,6-8H2,1-2H3,(H2,15,16,17,18,19). The van der Waals surface area contributed by atoms with E-state index in [1.54, 1.807) is 18.4 Å². The first-order valence-corrected chi connectivity index (χ1v) is 8.34. The lowest BCUT2D eigenvalue weighted by Gasteiger charge is -2.08. The van der Waals surface area contributed by atoms with E-state index in [9.17, 15) is 0 Å². The van der Waals surface area contributed by atoms with Gasteiger partial charge in [-0.3, -0.25) is 0 Å². The number of rotatable bonds is 8. The van der Waals surface area contributed by atoms with Crippen molar-refractivity contribution in [1.82, 2.24) is 15.0 Å². The van der Waals surface area contributed by atoms with E-state index in [1.165, 1.54) is 4.88 Å². The van der Waals surface area contributed by atoms with E-state index in [0.29, 0.717) is 17.9 Å². The summed E-state index contributed by atoms with van der Waals surface area (Å²) >= 11 is 5.19. The highest BCUT2D eigenvalue weighted by atomic mass is 79.9. The lowest BCUT2D eigenvalue weighted by Crippen LogP contribution is -2.12. The van der Waals surface area contributed by atoms with Crippen molar-refractivity contribution < 1.29 is 4.74 Å². The lowest BCUT2D eigenvalue weighted by molar-refractivity contribution is 0.379. The van der Waals surface area contributed by atoms with Gasteiger partial charge in [0.2, 0.25) is 11.9 Å². The Kier molecular flexibility index (Phi) is 6.19. The van der Waals surface area contributed by atoms with Gasteiger partial charge in [0.05, 0.1) is 10.9 Å². The van der Waals surface area contributed by atoms with E-state index >= 15 is 0 Å². The molecule has 21 heavy (non-hydrogen) atoms. The SMILES string of the molecule is CCCNc1nc(NCCc2ccc(Br)s2)nc(OC)n1. The molecule has 114 valence electrons. The molecule has 0 saturated carbocycles. The Labute approximate surface area is 136 Å². The highest BCUT2D eigenvalue weighted by Gasteiger charge is 2.06. The van der Waals surface area contributed by atoms with Crippen LogP contribution in [0.3, 0.4) is 0 Å². The van der Waals surface area contributed by atoms with Crippen molar-refractivity contribution in [1.29, 1.82) is 0 Å². The molecule has 0 aliphatic heterocycles. The molecule has 0 unspecified atom stereocenters. The number of methoxy groups -OCH3 is 1. The molecule has 0 aromatic carbocycles. The second kappa shape index (κ2) is 8.14. The molecule has 2 heterocycles. The Bertz CT molecular complexity index is 577. The molecule has 2 aromatic rings. The summed E-state index contributed by atoms with van der Waals surface area (Å²) < 4.78 is 6.24. The fourth-order valence-corrected chi connectivity index (χ4v) is 3.11. The van der Waals surface area contributed by atoms with Gasteiger partial charge in [-0.15, -0.1) is 11.3 Å². The number of nitrogens with zero attached hydrogens (tertiary/aromatic N) is 3. The highest BCUT2D eigenvalue weighted by Crippen LogP contribution is 2.22. The van der Waals surface area contributed by atoms with Gasteiger partial charge in [-0.25, -0.2) is 0 Å². The Morgan fingerprint density at radius 2 is 1.86 bits per heavy atom. The van der Waals surface area contributed by atoms with Crippen LogP contribution in [0.4, 0.5) is 11.9 Å². The minimum atomic E-state index is 0.310. The summed E-state index contributed by atoms with van der Waals surface area (Å²) in [4.78, 5) is 14.0. The first kappa shape index (κ1) is 16.0. The molecule has 0 aliphatic carbocycles. The molecular weight excluding hydrogens is 354 g/mol. The molecule has 2 aromatic heterocycles. The third-order valence-corrected chi connectivity index (χ3v) is 4.30. The number of halogens is 1. The summed E-state index contributed by atoms with van der Waals surface area (Å²) in [5.41, 5.74) is 0. The Hall–Kier alpha value is -1.41. The number of hydrogen-bond acceptors (Lipinski definition) is 7. The summed E-state index contributed by atoms with van der Waals surface area (Å²) in [5, 5.41) is 6.34. The van der Waals surface area contributed by atoms with Crippen molar-refractivity contribution in [2.24, 2.45) is 0 Å². The van der Waals surface area contributed by atoms with Crippen molar-refractivity contribution in [2.45, 2.75) is 19.8 Å². The Morgan fingerprint density at radius 3 is 2.43 bits per heavy atom. The van der Waals surface area contributed by atoms with Crippen molar-refractivity contribution in [2.75, 3.05) is 30.8 Å². The van der Waals surface area contributed by atoms with E-state index in [4.69, 9.17) is 4.74 Å². The second-order valence-corrected chi connectivity index (χ2v) is 6.83. The fourth-order valence-electron chi connectivity index (χ4n) is 1.63. The smallest absolute Gasteiger partial charge is 0.322 e. The third-order valence-electron chi connectivity index (χ3n) is 2.61. The lowest BCUT2D eigenvalue weighted by atomic mass is 10.3. The maximum absolute atomic E-state index is 5.10. The van der Waals surface area contributed by atoms with E-state index < -0.39 is 0 Å². The Balaban J connectivity index is 1.94. The predicted molar refractivity (Wildman–Crippen MR) is 89.4 cm³/mol. The molecule has 2 N–H and O–H groups in total. The van der Waals surface area contributed by atoms with Gasteiger partial charge in [-0.05, 0) is 40.9 Å². The van der Waals surface area contributed by atoms with Crippen molar-refractivity contribution in [3.8, 4) is 6.01 Å². The van der Waals surface area contributed by atoms with Gasteiger partial charge in [0, 0.05) is 18.0 Å². The molecule has 0 spiro atoms. The maximum Gasteiger partial charge on any atom is 0.322 e. The summed E-state index contributed by atoms with van der Waals surface area (Å²) in [6, 6.07) is 4.47. The molecule has 0 saturated heterocycles. The number of hydrogen-bond donors (Lipinski definition) is 2. The van der Waals surface area contributed by atoms with Gasteiger partial charge in [-0.2, -0.15) is 15.0 Å². The molecule has 0 aliphatic rings. The molecule has 6 nitrogen and oxygen atoms in total. The predicted octanol–water partition coefficient (Wildman–Crippen LogP) is 3.18. The molecule has 0 amide bonds. The van der Waals surface area contributed by atoms with Gasteiger partial charge >= 0.3 is 6.01 Å². The van der Waals surface area contributed by atoms with Crippen LogP contribution in [0.2, 0.25) is 0 Å². The van der Waals surface area contributed by atoms with Crippen LogP contribution < -0.4 is 15.4 Å². The van der Waals surface area contributed by atoms with Crippen LogP contribution in [0.15, 0.2) is 15.9 Å². The number of anilines is 2. The zero-order valence-electron chi connectivity index (χ0n) is 12.0. The average Bonchev–Trinajstić information content (AvgIpc) is 2.90. The number of ether oxygens (including phenoxy) is 1. The van der Waals surface area contributed by atoms with E-state index in [0.717, 1.165) is 29.7 Å². The topological polar surface area (TPSA) is 72.0 Å². The molecule has 0 bridgehead atoms. The van der Waals surface area contributed by atoms with Crippen LogP contribution in [-0.4, -0.2) is 35.2 Å². The van der Waals surface area contributed by atoms with E-state index in [1.807, 2.05) is 0 Å². The minimum absolute atomic E-state index is 0.310. The number of thiophene rings is 1. The Morgan fingerprint density at radius 1 is 1.14 bits per heavy atom. The fraction of sp³-hybridized carbons (Fsp3) is 0.462. The van der Waals surface area contributed by atoms with Gasteiger partial charge < -0.3 is 15.4 Å². The molecule has 8 heteroatoms. The summed E-state index contributed by atoms with van der Waals surface area (Å²) in [6.45, 7) is 3.66. The van der Waals surface area contributed by atoms with Crippen LogP contribution in [0, 0.1) is 0 Å². The minimum Gasteiger partial charge on any atom is -0.467 e. The summed E-state index contributed by atoms with van der Waals surface area (Å²) in [7, 11) is 1.55. The number of aromatic nitrogens is 3. The van der Waals surface area contributed by atoms with Crippen LogP contribution in [0.5, 0.6) is 6.01 Å². The van der Waals surface area contributed by atoms with Crippen LogP contribution in [0.1, 0.15) is 18.2 Å². The van der Waals surface area contributed by atoms with Crippen molar-refractivity contribution in [3.63, 3.8) is 0 Å². The second-order valence-electron chi connectivity index (χ2n) is 4.28. The molecular formula is C13H18BrN5OS. The van der Waals surface area contributed by atoms with Crippen molar-refractivity contribution in [3.05, 3.63) is 20.8 Å². The summed E-state index contributed by atoms with van der Waals surface area (Å²) in [5.74, 6) is 1.06. The normalized spacial score (nSPS) is 10.4. The largest absolute Gasteiger partial charge is 0.467 e. The number of nitrogens with one attached hydrogen (secondary N) is 2. The molecule has 0 fully saturated rings. The molecule has 0 radical (unpaired) electrons. The van der Waals surface area contributed by atoms with Crippen LogP contribution in [-0.2, 0) is 6.42 Å². The zero-order chi connectivity index (χ0) is 15.1. The quantitative estimate of drug-likeness (QED) is 0.742. The van der Waals surface area contributed by atoms with Crippen molar-refractivity contribution >= 4 is 39.2 Å².